The van der Waals surface area contributed by atoms with Crippen LogP contribution in [0.15, 0.2) is 29.3 Å². The van der Waals surface area contributed by atoms with E-state index >= 15 is 0 Å². The number of thioether (sulfide) groups is 1. The van der Waals surface area contributed by atoms with Crippen LogP contribution in [0.3, 0.4) is 0 Å². The van der Waals surface area contributed by atoms with E-state index in [1.807, 2.05) is 24.3 Å². The van der Waals surface area contributed by atoms with Gasteiger partial charge in [-0.15, -0.1) is 24.8 Å². The van der Waals surface area contributed by atoms with E-state index in [1.165, 1.54) is 0 Å². The van der Waals surface area contributed by atoms with Crippen LogP contribution in [0.4, 0.5) is 5.69 Å². The fourth-order valence-electron chi connectivity index (χ4n) is 1.29. The van der Waals surface area contributed by atoms with Crippen molar-refractivity contribution in [2.24, 2.45) is 16.5 Å². The Morgan fingerprint density at radius 2 is 1.94 bits per heavy atom. The van der Waals surface area contributed by atoms with Crippen molar-refractivity contribution in [1.29, 1.82) is 0 Å². The highest BCUT2D eigenvalue weighted by Crippen LogP contribution is 2.20. The molecule has 1 rings (SSSR count). The molecular weight excluding hydrogens is 277 g/mol. The summed E-state index contributed by atoms with van der Waals surface area (Å²) in [5.41, 5.74) is 13.4. The maximum atomic E-state index is 5.76. The van der Waals surface area contributed by atoms with Gasteiger partial charge in [0.15, 0.2) is 5.17 Å². The molecule has 6 heteroatoms. The second-order valence-corrected chi connectivity index (χ2v) is 4.33. The lowest BCUT2D eigenvalue weighted by atomic mass is 10.1. The third-order valence-electron chi connectivity index (χ3n) is 1.93. The van der Waals surface area contributed by atoms with Crippen LogP contribution in [-0.2, 0) is 6.42 Å². The highest BCUT2D eigenvalue weighted by atomic mass is 35.5. The van der Waals surface area contributed by atoms with Crippen LogP contribution in [-0.4, -0.2) is 17.5 Å². The van der Waals surface area contributed by atoms with E-state index in [9.17, 15) is 0 Å². The Labute approximate surface area is 119 Å². The summed E-state index contributed by atoms with van der Waals surface area (Å²) < 4.78 is 0. The Morgan fingerprint density at radius 1 is 1.29 bits per heavy atom. The molecule has 0 aliphatic heterocycles. The molecule has 0 atom stereocenters. The van der Waals surface area contributed by atoms with E-state index < -0.39 is 0 Å². The zero-order valence-electron chi connectivity index (χ0n) is 9.76. The van der Waals surface area contributed by atoms with Gasteiger partial charge in [0.25, 0.3) is 0 Å². The molecule has 0 spiro atoms. The van der Waals surface area contributed by atoms with Crippen molar-refractivity contribution in [2.75, 3.05) is 12.3 Å². The highest BCUT2D eigenvalue weighted by Gasteiger charge is 2.00. The lowest BCUT2D eigenvalue weighted by Crippen LogP contribution is -2.07. The molecule has 0 fully saturated rings. The molecule has 0 radical (unpaired) electrons. The SMILES string of the molecule is CCSC(N)=Nc1ccccc1CCN.Cl.Cl. The number of rotatable bonds is 4. The lowest BCUT2D eigenvalue weighted by Gasteiger charge is -2.04. The zero-order chi connectivity index (χ0) is 11.1. The molecule has 0 aromatic heterocycles. The van der Waals surface area contributed by atoms with Crippen molar-refractivity contribution >= 4 is 47.4 Å². The van der Waals surface area contributed by atoms with Crippen LogP contribution in [0.2, 0.25) is 0 Å². The Kier molecular flexibility index (Phi) is 11.9. The molecule has 4 N–H and O–H groups in total. The molecule has 0 aliphatic rings. The van der Waals surface area contributed by atoms with Crippen LogP contribution < -0.4 is 11.5 Å². The fraction of sp³-hybridized carbons (Fsp3) is 0.364. The molecule has 0 unspecified atom stereocenters. The monoisotopic (exact) mass is 295 g/mol. The number of hydrogen-bond donors (Lipinski definition) is 2. The summed E-state index contributed by atoms with van der Waals surface area (Å²) in [6.45, 7) is 2.69. The van der Waals surface area contributed by atoms with Crippen molar-refractivity contribution in [3.05, 3.63) is 29.8 Å². The maximum absolute atomic E-state index is 5.76. The Hall–Kier alpha value is -0.420. The van der Waals surface area contributed by atoms with Crippen molar-refractivity contribution < 1.29 is 0 Å². The standard InChI is InChI=1S/C11H17N3S.2ClH/c1-2-15-11(13)14-10-6-4-3-5-9(10)7-8-12;;/h3-6H,2,7-8,12H2,1H3,(H2,13,14);2*1H. The van der Waals surface area contributed by atoms with Gasteiger partial charge in [0.05, 0.1) is 5.69 Å². The summed E-state index contributed by atoms with van der Waals surface area (Å²) >= 11 is 1.55. The van der Waals surface area contributed by atoms with Gasteiger partial charge in [-0.2, -0.15) is 0 Å². The average molecular weight is 296 g/mol. The summed E-state index contributed by atoms with van der Waals surface area (Å²) in [4.78, 5) is 4.37. The van der Waals surface area contributed by atoms with Gasteiger partial charge in [-0.3, -0.25) is 0 Å². The van der Waals surface area contributed by atoms with Gasteiger partial charge < -0.3 is 11.5 Å². The van der Waals surface area contributed by atoms with Crippen LogP contribution in [0.5, 0.6) is 0 Å². The van der Waals surface area contributed by atoms with Gasteiger partial charge in [0.1, 0.15) is 0 Å². The van der Waals surface area contributed by atoms with Crippen LogP contribution >= 0.6 is 36.6 Å². The molecule has 1 aromatic rings. The van der Waals surface area contributed by atoms with Gasteiger partial charge in [0, 0.05) is 0 Å². The van der Waals surface area contributed by atoms with Crippen LogP contribution in [0, 0.1) is 0 Å². The van der Waals surface area contributed by atoms with Crippen molar-refractivity contribution in [1.82, 2.24) is 0 Å². The number of halogens is 2. The third-order valence-corrected chi connectivity index (χ3v) is 2.60. The quantitative estimate of drug-likeness (QED) is 0.663. The Bertz CT molecular complexity index is 345. The summed E-state index contributed by atoms with van der Waals surface area (Å²) in [6, 6.07) is 7.96. The number of amidine groups is 1. The van der Waals surface area contributed by atoms with Crippen LogP contribution in [0.25, 0.3) is 0 Å². The van der Waals surface area contributed by atoms with Crippen molar-refractivity contribution in [3.63, 3.8) is 0 Å². The topological polar surface area (TPSA) is 64.4 Å². The summed E-state index contributed by atoms with van der Waals surface area (Å²) in [5, 5.41) is 0.613. The third kappa shape index (κ3) is 6.78. The van der Waals surface area contributed by atoms with Crippen LogP contribution in [0.1, 0.15) is 12.5 Å². The van der Waals surface area contributed by atoms with Gasteiger partial charge in [-0.25, -0.2) is 4.99 Å². The van der Waals surface area contributed by atoms with Gasteiger partial charge in [0.2, 0.25) is 0 Å². The molecule has 0 saturated heterocycles. The van der Waals surface area contributed by atoms with E-state index in [0.717, 1.165) is 23.4 Å². The van der Waals surface area contributed by atoms with Crippen molar-refractivity contribution in [2.45, 2.75) is 13.3 Å². The maximum Gasteiger partial charge on any atom is 0.159 e. The Morgan fingerprint density at radius 3 is 2.53 bits per heavy atom. The summed E-state index contributed by atoms with van der Waals surface area (Å²) in [6.07, 6.45) is 0.837. The predicted octanol–water partition coefficient (Wildman–Crippen LogP) is 2.73. The van der Waals surface area contributed by atoms with E-state index in [0.29, 0.717) is 11.7 Å². The predicted molar refractivity (Wildman–Crippen MR) is 83.1 cm³/mol. The fourth-order valence-corrected chi connectivity index (χ4v) is 1.74. The molecule has 0 aliphatic carbocycles. The first-order chi connectivity index (χ1) is 7.27. The van der Waals surface area contributed by atoms with E-state index in [4.69, 9.17) is 11.5 Å². The summed E-state index contributed by atoms with van der Waals surface area (Å²) in [7, 11) is 0. The molecule has 3 nitrogen and oxygen atoms in total. The van der Waals surface area contributed by atoms with Gasteiger partial charge in [-0.1, -0.05) is 36.9 Å². The minimum absolute atomic E-state index is 0. The first-order valence-electron chi connectivity index (χ1n) is 5.02. The largest absolute Gasteiger partial charge is 0.378 e. The smallest absolute Gasteiger partial charge is 0.159 e. The lowest BCUT2D eigenvalue weighted by molar-refractivity contribution is 0.968. The number of hydrogen-bond acceptors (Lipinski definition) is 3. The number of benzene rings is 1. The minimum Gasteiger partial charge on any atom is -0.378 e. The molecule has 0 bridgehead atoms. The number of nitrogens with zero attached hydrogens (tertiary/aromatic N) is 1. The highest BCUT2D eigenvalue weighted by molar-refractivity contribution is 8.13. The second-order valence-electron chi connectivity index (χ2n) is 3.05. The van der Waals surface area contributed by atoms with Gasteiger partial charge in [-0.05, 0) is 30.3 Å². The molecule has 98 valence electrons. The van der Waals surface area contributed by atoms with E-state index in [-0.39, 0.29) is 24.8 Å². The number of para-hydroxylation sites is 1. The number of aliphatic imine (C=N–C) groups is 1. The average Bonchev–Trinajstić information content (AvgIpc) is 2.21. The summed E-state index contributed by atoms with van der Waals surface area (Å²) in [5.74, 6) is 0.939. The Balaban J connectivity index is 0. The molecule has 1 aromatic carbocycles. The molecule has 0 saturated carbocycles. The zero-order valence-corrected chi connectivity index (χ0v) is 12.2. The minimum atomic E-state index is 0. The number of nitrogens with two attached hydrogens (primary N) is 2. The van der Waals surface area contributed by atoms with Crippen molar-refractivity contribution in [3.8, 4) is 0 Å². The molecule has 17 heavy (non-hydrogen) atoms. The molecule has 0 amide bonds. The van der Waals surface area contributed by atoms with E-state index in [2.05, 4.69) is 11.9 Å². The molecular formula is C11H19Cl2N3S. The first kappa shape index (κ1) is 18.9. The van der Waals surface area contributed by atoms with E-state index in [1.54, 1.807) is 11.8 Å². The second kappa shape index (κ2) is 10.7. The molecule has 0 heterocycles. The normalized spacial score (nSPS) is 10.4. The first-order valence-corrected chi connectivity index (χ1v) is 6.01. The van der Waals surface area contributed by atoms with Gasteiger partial charge >= 0.3 is 0 Å².